The van der Waals surface area contributed by atoms with E-state index in [1.165, 1.54) is 11.8 Å². The molecule has 0 spiro atoms. The minimum atomic E-state index is -3.23. The number of hydrogen-bond donors (Lipinski definition) is 1. The van der Waals surface area contributed by atoms with Crippen molar-refractivity contribution in [3.05, 3.63) is 70.0 Å². The quantitative estimate of drug-likeness (QED) is 0.667. The Morgan fingerprint density at radius 3 is 2.34 bits per heavy atom. The summed E-state index contributed by atoms with van der Waals surface area (Å²) in [6, 6.07) is 12.9. The summed E-state index contributed by atoms with van der Waals surface area (Å²) in [5.74, 6) is 0.0228. The van der Waals surface area contributed by atoms with Crippen LogP contribution < -0.4 is 4.72 Å². The smallest absolute Gasteiger partial charge is 0.209 e. The fourth-order valence-corrected chi connectivity index (χ4v) is 4.65. The van der Waals surface area contributed by atoms with Crippen molar-refractivity contribution in [1.29, 1.82) is 0 Å². The molecule has 1 saturated heterocycles. The van der Waals surface area contributed by atoms with Crippen LogP contribution in [0.4, 0.5) is 4.39 Å². The number of rotatable bonds is 6. The van der Waals surface area contributed by atoms with E-state index in [1.807, 2.05) is 25.1 Å². The second kappa shape index (κ2) is 10.2. The van der Waals surface area contributed by atoms with Gasteiger partial charge in [0.25, 0.3) is 0 Å². The second-order valence-corrected chi connectivity index (χ2v) is 9.76. The van der Waals surface area contributed by atoms with Crippen LogP contribution in [0.25, 0.3) is 0 Å². The first-order valence-electron chi connectivity index (χ1n) is 9.45. The monoisotopic (exact) mass is 460 g/mol. The van der Waals surface area contributed by atoms with Crippen LogP contribution in [0.5, 0.6) is 0 Å². The number of nitrogens with zero attached hydrogens (tertiary/aromatic N) is 1. The highest BCUT2D eigenvalue weighted by Gasteiger charge is 2.21. The van der Waals surface area contributed by atoms with Crippen LogP contribution in [0.2, 0.25) is 5.02 Å². The van der Waals surface area contributed by atoms with E-state index < -0.39 is 10.0 Å². The Bertz CT molecular complexity index is 915. The standard InChI is InChI=1S/C21H26ClFN2O2S.ClH/c1-15(24-28(2,26)27)17-5-3-16(4-6-17)14-25-11-9-18(10-12-25)19-7-8-20(22)21(23)13-19;/h3-8,13,15,18,24H,9-12,14H2,1-2H3;1H/t15-;/m1./s1. The van der Waals surface area contributed by atoms with E-state index in [-0.39, 0.29) is 29.3 Å². The van der Waals surface area contributed by atoms with E-state index in [4.69, 9.17) is 11.6 Å². The Kier molecular flexibility index (Phi) is 8.49. The van der Waals surface area contributed by atoms with Gasteiger partial charge in [0.2, 0.25) is 10.0 Å². The molecule has 0 unspecified atom stereocenters. The number of benzene rings is 2. The van der Waals surface area contributed by atoms with Crippen molar-refractivity contribution >= 4 is 34.0 Å². The predicted octanol–water partition coefficient (Wildman–Crippen LogP) is 4.89. The van der Waals surface area contributed by atoms with Crippen LogP contribution in [0, 0.1) is 5.82 Å². The minimum absolute atomic E-state index is 0. The molecule has 0 aliphatic carbocycles. The Morgan fingerprint density at radius 2 is 1.79 bits per heavy atom. The van der Waals surface area contributed by atoms with E-state index in [1.54, 1.807) is 12.1 Å². The summed E-state index contributed by atoms with van der Waals surface area (Å²) >= 11 is 5.78. The van der Waals surface area contributed by atoms with Crippen molar-refractivity contribution < 1.29 is 12.8 Å². The van der Waals surface area contributed by atoms with Crippen LogP contribution in [-0.2, 0) is 16.6 Å². The lowest BCUT2D eigenvalue weighted by Crippen LogP contribution is -2.32. The van der Waals surface area contributed by atoms with Gasteiger partial charge >= 0.3 is 0 Å². The lowest BCUT2D eigenvalue weighted by molar-refractivity contribution is 0.204. The topological polar surface area (TPSA) is 49.4 Å². The Morgan fingerprint density at radius 1 is 1.17 bits per heavy atom. The van der Waals surface area contributed by atoms with Gasteiger partial charge in [-0.1, -0.05) is 41.9 Å². The van der Waals surface area contributed by atoms with Crippen LogP contribution >= 0.6 is 24.0 Å². The average Bonchev–Trinajstić information content (AvgIpc) is 2.64. The van der Waals surface area contributed by atoms with Crippen LogP contribution in [0.15, 0.2) is 42.5 Å². The summed E-state index contributed by atoms with van der Waals surface area (Å²) < 4.78 is 39.0. The molecule has 29 heavy (non-hydrogen) atoms. The highest BCUT2D eigenvalue weighted by molar-refractivity contribution is 7.88. The Hall–Kier alpha value is -1.18. The molecular formula is C21H27Cl2FN2O2S. The van der Waals surface area contributed by atoms with Crippen LogP contribution in [0.3, 0.4) is 0 Å². The fraction of sp³-hybridized carbons (Fsp3) is 0.429. The molecule has 3 rings (SSSR count). The molecule has 0 saturated carbocycles. The number of nitrogens with one attached hydrogen (secondary N) is 1. The van der Waals surface area contributed by atoms with Crippen molar-refractivity contribution in [2.24, 2.45) is 0 Å². The molecular weight excluding hydrogens is 434 g/mol. The first-order chi connectivity index (χ1) is 13.2. The molecule has 2 aromatic carbocycles. The number of piperidine rings is 1. The van der Waals surface area contributed by atoms with Crippen molar-refractivity contribution in [2.45, 2.75) is 38.3 Å². The molecule has 0 radical (unpaired) electrons. The van der Waals surface area contributed by atoms with Gasteiger partial charge < -0.3 is 0 Å². The molecule has 160 valence electrons. The molecule has 1 atom stereocenters. The summed E-state index contributed by atoms with van der Waals surface area (Å²) in [4.78, 5) is 2.40. The molecule has 8 heteroatoms. The molecule has 0 bridgehead atoms. The number of likely N-dealkylation sites (tertiary alicyclic amines) is 1. The molecule has 1 fully saturated rings. The minimum Gasteiger partial charge on any atom is -0.299 e. The zero-order chi connectivity index (χ0) is 20.3. The van der Waals surface area contributed by atoms with Gasteiger partial charge in [0.05, 0.1) is 11.3 Å². The SMILES string of the molecule is C[C@@H](NS(C)(=O)=O)c1ccc(CN2CCC(c3ccc(Cl)c(F)c3)CC2)cc1.Cl. The molecule has 1 heterocycles. The maximum Gasteiger partial charge on any atom is 0.209 e. The Balaban J connectivity index is 0.00000300. The molecule has 2 aromatic rings. The third-order valence-corrected chi connectivity index (χ3v) is 6.37. The first kappa shape index (κ1) is 24.1. The van der Waals surface area contributed by atoms with Gasteiger partial charge in [-0.15, -0.1) is 12.4 Å². The second-order valence-electron chi connectivity index (χ2n) is 7.58. The van der Waals surface area contributed by atoms with Gasteiger partial charge in [-0.2, -0.15) is 0 Å². The lowest BCUT2D eigenvalue weighted by Gasteiger charge is -2.32. The molecule has 1 N–H and O–H groups in total. The summed E-state index contributed by atoms with van der Waals surface area (Å²) in [5.41, 5.74) is 3.17. The van der Waals surface area contributed by atoms with Gasteiger partial charge in [0.15, 0.2) is 0 Å². The van der Waals surface area contributed by atoms with Crippen molar-refractivity contribution in [3.8, 4) is 0 Å². The number of sulfonamides is 1. The summed E-state index contributed by atoms with van der Waals surface area (Å²) in [6.07, 6.45) is 3.16. The highest BCUT2D eigenvalue weighted by atomic mass is 35.5. The summed E-state index contributed by atoms with van der Waals surface area (Å²) in [6.45, 7) is 4.61. The van der Waals surface area contributed by atoms with Gasteiger partial charge in [-0.05, 0) is 67.6 Å². The third kappa shape index (κ3) is 6.93. The van der Waals surface area contributed by atoms with Crippen LogP contribution in [-0.4, -0.2) is 32.7 Å². The van der Waals surface area contributed by atoms with E-state index in [0.29, 0.717) is 5.92 Å². The molecule has 0 amide bonds. The van der Waals surface area contributed by atoms with E-state index in [0.717, 1.165) is 43.6 Å². The van der Waals surface area contributed by atoms with Gasteiger partial charge in [-0.25, -0.2) is 17.5 Å². The highest BCUT2D eigenvalue weighted by Crippen LogP contribution is 2.30. The largest absolute Gasteiger partial charge is 0.299 e. The summed E-state index contributed by atoms with van der Waals surface area (Å²) in [5, 5.41) is 0.172. The molecule has 0 aromatic heterocycles. The zero-order valence-corrected chi connectivity index (χ0v) is 19.0. The maximum atomic E-state index is 13.7. The normalized spacial score (nSPS) is 17.0. The van der Waals surface area contributed by atoms with E-state index >= 15 is 0 Å². The Labute approximate surface area is 183 Å². The third-order valence-electron chi connectivity index (χ3n) is 5.28. The summed E-state index contributed by atoms with van der Waals surface area (Å²) in [7, 11) is -3.23. The van der Waals surface area contributed by atoms with E-state index in [2.05, 4.69) is 21.8 Å². The molecule has 4 nitrogen and oxygen atoms in total. The van der Waals surface area contributed by atoms with Crippen molar-refractivity contribution in [3.63, 3.8) is 0 Å². The molecule has 1 aliphatic rings. The first-order valence-corrected chi connectivity index (χ1v) is 11.7. The lowest BCUT2D eigenvalue weighted by atomic mass is 9.89. The van der Waals surface area contributed by atoms with Crippen molar-refractivity contribution in [2.75, 3.05) is 19.3 Å². The van der Waals surface area contributed by atoms with Crippen molar-refractivity contribution in [1.82, 2.24) is 9.62 Å². The van der Waals surface area contributed by atoms with Gasteiger partial charge in [-0.3, -0.25) is 4.90 Å². The average molecular weight is 461 g/mol. The van der Waals surface area contributed by atoms with Gasteiger partial charge in [0.1, 0.15) is 5.82 Å². The fourth-order valence-electron chi connectivity index (χ4n) is 3.75. The van der Waals surface area contributed by atoms with Gasteiger partial charge in [0, 0.05) is 12.6 Å². The maximum absolute atomic E-state index is 13.7. The molecule has 1 aliphatic heterocycles. The number of halogens is 3. The predicted molar refractivity (Wildman–Crippen MR) is 119 cm³/mol. The number of hydrogen-bond acceptors (Lipinski definition) is 3. The van der Waals surface area contributed by atoms with E-state index in [9.17, 15) is 12.8 Å². The zero-order valence-electron chi connectivity index (χ0n) is 16.6. The van der Waals surface area contributed by atoms with Crippen LogP contribution in [0.1, 0.15) is 48.4 Å².